The number of nitrogens with one attached hydrogen (secondary N) is 2. The Morgan fingerprint density at radius 1 is 0.889 bits per heavy atom. The van der Waals surface area contributed by atoms with Gasteiger partial charge in [-0.25, -0.2) is 14.4 Å². The summed E-state index contributed by atoms with van der Waals surface area (Å²) >= 11 is 0. The number of benzene rings is 2. The molecule has 0 radical (unpaired) electrons. The first kappa shape index (κ1) is 23.2. The number of ether oxygens (including phenoxy) is 2. The number of fused-ring (bicyclic) bond motifs is 1. The molecule has 5 rings (SSSR count). The maximum absolute atomic E-state index is 13.1. The van der Waals surface area contributed by atoms with Crippen molar-refractivity contribution in [2.75, 3.05) is 25.2 Å². The average molecular weight is 491 g/mol. The van der Waals surface area contributed by atoms with Gasteiger partial charge in [0, 0.05) is 42.7 Å². The first-order chi connectivity index (χ1) is 17.5. The third-order valence-corrected chi connectivity index (χ3v) is 5.99. The van der Waals surface area contributed by atoms with Crippen LogP contribution in [0.25, 0.3) is 0 Å². The van der Waals surface area contributed by atoms with Crippen molar-refractivity contribution in [3.8, 4) is 11.5 Å². The molecule has 0 atom stereocenters. The Kier molecular flexibility index (Phi) is 6.44. The molecule has 0 bridgehead atoms. The summed E-state index contributed by atoms with van der Waals surface area (Å²) in [6.07, 6.45) is 3.83. The number of carbonyl (C=O) groups excluding carboxylic acids is 3. The molecule has 1 fully saturated rings. The Balaban J connectivity index is 1.19. The van der Waals surface area contributed by atoms with E-state index in [1.165, 1.54) is 36.7 Å². The molecule has 36 heavy (non-hydrogen) atoms. The molecule has 3 aromatic rings. The van der Waals surface area contributed by atoms with E-state index in [1.54, 1.807) is 23.1 Å². The number of piperidine rings is 1. The summed E-state index contributed by atoms with van der Waals surface area (Å²) in [7, 11) is 0. The van der Waals surface area contributed by atoms with E-state index in [-0.39, 0.29) is 30.3 Å². The summed E-state index contributed by atoms with van der Waals surface area (Å²) in [5.41, 5.74) is 0.715. The topological polar surface area (TPSA) is 123 Å². The van der Waals surface area contributed by atoms with Gasteiger partial charge in [-0.3, -0.25) is 14.4 Å². The highest BCUT2D eigenvalue weighted by molar-refractivity contribution is 6.07. The van der Waals surface area contributed by atoms with Gasteiger partial charge in [-0.1, -0.05) is 0 Å². The zero-order valence-electron chi connectivity index (χ0n) is 19.1. The molecule has 0 spiro atoms. The van der Waals surface area contributed by atoms with Crippen LogP contribution in [0.2, 0.25) is 0 Å². The number of nitrogens with zero attached hydrogens (tertiary/aromatic N) is 3. The number of anilines is 1. The maximum Gasteiger partial charge on any atom is 0.273 e. The molecular weight excluding hydrogens is 469 g/mol. The van der Waals surface area contributed by atoms with Crippen LogP contribution in [0.3, 0.4) is 0 Å². The molecule has 10 nitrogen and oxygen atoms in total. The van der Waals surface area contributed by atoms with Gasteiger partial charge >= 0.3 is 0 Å². The van der Waals surface area contributed by atoms with E-state index < -0.39 is 17.6 Å². The van der Waals surface area contributed by atoms with Crippen molar-refractivity contribution in [3.05, 3.63) is 77.5 Å². The summed E-state index contributed by atoms with van der Waals surface area (Å²) in [5.74, 6) is -0.490. The van der Waals surface area contributed by atoms with Crippen molar-refractivity contribution < 1.29 is 28.2 Å². The lowest BCUT2D eigenvalue weighted by molar-refractivity contribution is 0.0697. The van der Waals surface area contributed by atoms with Crippen LogP contribution in [0.5, 0.6) is 11.5 Å². The number of amides is 3. The molecule has 2 aliphatic heterocycles. The van der Waals surface area contributed by atoms with Crippen LogP contribution in [0.1, 0.15) is 44.0 Å². The van der Waals surface area contributed by atoms with Crippen LogP contribution < -0.4 is 20.1 Å². The van der Waals surface area contributed by atoms with Gasteiger partial charge in [-0.15, -0.1) is 0 Å². The molecule has 3 heterocycles. The molecule has 0 saturated carbocycles. The van der Waals surface area contributed by atoms with Gasteiger partial charge in [-0.05, 0) is 55.3 Å². The number of aromatic nitrogens is 2. The third-order valence-electron chi connectivity index (χ3n) is 5.99. The van der Waals surface area contributed by atoms with E-state index in [2.05, 4.69) is 20.6 Å². The van der Waals surface area contributed by atoms with Gasteiger partial charge in [0.2, 0.25) is 6.79 Å². The number of hydrogen-bond donors (Lipinski definition) is 2. The zero-order chi connectivity index (χ0) is 25.1. The predicted octanol–water partition coefficient (Wildman–Crippen LogP) is 2.63. The highest BCUT2D eigenvalue weighted by atomic mass is 19.1. The van der Waals surface area contributed by atoms with Gasteiger partial charge < -0.3 is 25.0 Å². The van der Waals surface area contributed by atoms with Gasteiger partial charge in [0.05, 0.1) is 0 Å². The van der Waals surface area contributed by atoms with Gasteiger partial charge in [-0.2, -0.15) is 0 Å². The fraction of sp³-hybridized carbons (Fsp3) is 0.240. The molecule has 2 N–H and O–H groups in total. The smallest absolute Gasteiger partial charge is 0.273 e. The zero-order valence-corrected chi connectivity index (χ0v) is 19.1. The fourth-order valence-electron chi connectivity index (χ4n) is 4.07. The van der Waals surface area contributed by atoms with Gasteiger partial charge in [0.1, 0.15) is 5.82 Å². The molecule has 11 heteroatoms. The SMILES string of the molecule is O=C(Nc1nccnc1C(=O)NC1CCN(C(=O)c2ccc(F)cc2)CC1)c1ccc2c(c1)OCO2. The minimum atomic E-state index is -0.479. The van der Waals surface area contributed by atoms with E-state index >= 15 is 0 Å². The van der Waals surface area contributed by atoms with Crippen molar-refractivity contribution in [3.63, 3.8) is 0 Å². The van der Waals surface area contributed by atoms with Crippen molar-refractivity contribution in [2.24, 2.45) is 0 Å². The van der Waals surface area contributed by atoms with Crippen LogP contribution in [-0.4, -0.2) is 58.5 Å². The van der Waals surface area contributed by atoms with E-state index in [1.807, 2.05) is 0 Å². The second-order valence-electron chi connectivity index (χ2n) is 8.32. The minimum Gasteiger partial charge on any atom is -0.454 e. The summed E-state index contributed by atoms with van der Waals surface area (Å²) in [5, 5.41) is 5.54. The fourth-order valence-corrected chi connectivity index (χ4v) is 4.07. The number of likely N-dealkylation sites (tertiary alicyclic amines) is 1. The molecule has 2 aromatic carbocycles. The summed E-state index contributed by atoms with van der Waals surface area (Å²) < 4.78 is 23.7. The Morgan fingerprint density at radius 2 is 1.58 bits per heavy atom. The highest BCUT2D eigenvalue weighted by Crippen LogP contribution is 2.32. The molecule has 1 aromatic heterocycles. The lowest BCUT2D eigenvalue weighted by Gasteiger charge is -2.32. The molecule has 184 valence electrons. The van der Waals surface area contributed by atoms with E-state index in [9.17, 15) is 18.8 Å². The third kappa shape index (κ3) is 4.95. The first-order valence-corrected chi connectivity index (χ1v) is 11.4. The van der Waals surface area contributed by atoms with Crippen molar-refractivity contribution in [2.45, 2.75) is 18.9 Å². The van der Waals surface area contributed by atoms with Crippen LogP contribution >= 0.6 is 0 Å². The van der Waals surface area contributed by atoms with Crippen LogP contribution in [0.4, 0.5) is 10.2 Å². The van der Waals surface area contributed by atoms with Gasteiger partial charge in [0.15, 0.2) is 23.0 Å². The molecule has 0 unspecified atom stereocenters. The van der Waals surface area contributed by atoms with Crippen LogP contribution in [0, 0.1) is 5.82 Å². The first-order valence-electron chi connectivity index (χ1n) is 11.4. The quantitative estimate of drug-likeness (QED) is 0.563. The van der Waals surface area contributed by atoms with E-state index in [4.69, 9.17) is 9.47 Å². The number of carbonyl (C=O) groups is 3. The molecule has 1 saturated heterocycles. The Bertz CT molecular complexity index is 1310. The average Bonchev–Trinajstić information content (AvgIpc) is 3.37. The Morgan fingerprint density at radius 3 is 2.36 bits per heavy atom. The van der Waals surface area contributed by atoms with Crippen molar-refractivity contribution in [1.82, 2.24) is 20.2 Å². The van der Waals surface area contributed by atoms with Crippen LogP contribution in [-0.2, 0) is 0 Å². The molecule has 0 aliphatic carbocycles. The lowest BCUT2D eigenvalue weighted by atomic mass is 10.0. The number of hydrogen-bond acceptors (Lipinski definition) is 7. The number of halogens is 1. The Hall–Kier alpha value is -4.54. The second-order valence-corrected chi connectivity index (χ2v) is 8.32. The molecular formula is C25H22FN5O5. The second kappa shape index (κ2) is 9.98. The van der Waals surface area contributed by atoms with E-state index in [0.29, 0.717) is 48.6 Å². The minimum absolute atomic E-state index is 0.0172. The van der Waals surface area contributed by atoms with E-state index in [0.717, 1.165) is 0 Å². The lowest BCUT2D eigenvalue weighted by Crippen LogP contribution is -2.46. The predicted molar refractivity (Wildman–Crippen MR) is 125 cm³/mol. The summed E-state index contributed by atoms with van der Waals surface area (Å²) in [6, 6.07) is 10.0. The molecule has 2 aliphatic rings. The Labute approximate surface area is 205 Å². The van der Waals surface area contributed by atoms with Crippen molar-refractivity contribution >= 4 is 23.5 Å². The molecule has 3 amide bonds. The highest BCUT2D eigenvalue weighted by Gasteiger charge is 2.27. The van der Waals surface area contributed by atoms with Crippen molar-refractivity contribution in [1.29, 1.82) is 0 Å². The summed E-state index contributed by atoms with van der Waals surface area (Å²) in [6.45, 7) is 0.971. The number of rotatable bonds is 5. The normalized spacial score (nSPS) is 14.9. The maximum atomic E-state index is 13.1. The largest absolute Gasteiger partial charge is 0.454 e. The van der Waals surface area contributed by atoms with Gasteiger partial charge in [0.25, 0.3) is 17.7 Å². The monoisotopic (exact) mass is 491 g/mol. The van der Waals surface area contributed by atoms with Crippen LogP contribution in [0.15, 0.2) is 54.9 Å². The standard InChI is InChI=1S/C25H22FN5O5/c26-17-4-1-15(2-5-17)25(34)31-11-7-18(8-12-31)29-24(33)21-22(28-10-9-27-21)30-23(32)16-3-6-19-20(13-16)36-14-35-19/h1-6,9-10,13,18H,7-8,11-12,14H2,(H,29,33)(H,28,30,32). The summed E-state index contributed by atoms with van der Waals surface area (Å²) in [4.78, 5) is 48.2.